The Morgan fingerprint density at radius 1 is 1.26 bits per heavy atom. The minimum absolute atomic E-state index is 0.211. The zero-order valence-corrected chi connectivity index (χ0v) is 12.8. The molecule has 1 aromatic carbocycles. The van der Waals surface area contributed by atoms with Crippen molar-refractivity contribution in [2.75, 3.05) is 5.32 Å². The van der Waals surface area contributed by atoms with Crippen LogP contribution in [0.5, 0.6) is 5.75 Å². The fourth-order valence-electron chi connectivity index (χ4n) is 1.24. The monoisotopic (exact) mass is 335 g/mol. The molecule has 0 saturated heterocycles. The number of benzene rings is 1. The number of nitrogens with two attached hydrogens (primary N) is 2. The molecule has 0 bridgehead atoms. The van der Waals surface area contributed by atoms with Gasteiger partial charge in [0, 0.05) is 12.1 Å². The molecule has 0 aliphatic rings. The lowest BCUT2D eigenvalue weighted by Crippen LogP contribution is -2.32. The molecular weight excluding hydrogens is 315 g/mol. The molecule has 0 spiro atoms. The lowest BCUT2D eigenvalue weighted by molar-refractivity contribution is -0.274. The first-order valence-electron chi connectivity index (χ1n) is 6.75. The van der Waals surface area contributed by atoms with Crippen LogP contribution in [-0.2, 0) is 9.59 Å². The van der Waals surface area contributed by atoms with Crippen molar-refractivity contribution < 1.29 is 27.5 Å². The van der Waals surface area contributed by atoms with Gasteiger partial charge in [0.15, 0.2) is 0 Å². The summed E-state index contributed by atoms with van der Waals surface area (Å²) in [5.74, 6) is -0.983. The van der Waals surface area contributed by atoms with Crippen LogP contribution in [0.2, 0.25) is 0 Å². The van der Waals surface area contributed by atoms with Gasteiger partial charge in [-0.3, -0.25) is 9.59 Å². The summed E-state index contributed by atoms with van der Waals surface area (Å²) in [5.41, 5.74) is 10.4. The second-order valence-corrected chi connectivity index (χ2v) is 4.57. The predicted molar refractivity (Wildman–Crippen MR) is 79.5 cm³/mol. The molecule has 5 N–H and O–H groups in total. The van der Waals surface area contributed by atoms with Gasteiger partial charge in [-0.15, -0.1) is 13.2 Å². The average molecular weight is 335 g/mol. The van der Waals surface area contributed by atoms with E-state index in [-0.39, 0.29) is 11.7 Å². The van der Waals surface area contributed by atoms with Crippen molar-refractivity contribution in [3.63, 3.8) is 0 Å². The number of amides is 2. The third kappa shape index (κ3) is 11.0. The van der Waals surface area contributed by atoms with Crippen LogP contribution in [0.25, 0.3) is 0 Å². The molecule has 0 aliphatic carbocycles. The maximum atomic E-state index is 11.8. The highest BCUT2D eigenvalue weighted by Crippen LogP contribution is 2.23. The number of ether oxygens (including phenoxy) is 1. The Bertz CT molecular complexity index is 502. The van der Waals surface area contributed by atoms with Crippen molar-refractivity contribution in [3.8, 4) is 5.75 Å². The van der Waals surface area contributed by atoms with Crippen LogP contribution in [-0.4, -0.2) is 24.2 Å². The van der Waals surface area contributed by atoms with Gasteiger partial charge in [0.25, 0.3) is 0 Å². The molecule has 130 valence electrons. The molecule has 2 amide bonds. The van der Waals surface area contributed by atoms with Gasteiger partial charge in [-0.1, -0.05) is 6.92 Å². The standard InChI is InChI=1S/C10H11F3N2O2.C4H9NO/c1-6(14)9(16)15-7-2-4-8(5-3-7)17-10(11,12)13;1-2-3-4(5)6/h2-6H,14H2,1H3,(H,15,16);2-3H2,1H3,(H2,5,6)/t6-;/m0./s1. The quantitative estimate of drug-likeness (QED) is 0.766. The van der Waals surface area contributed by atoms with Crippen LogP contribution in [0.3, 0.4) is 0 Å². The minimum atomic E-state index is -4.73. The SMILES string of the molecule is CCCC(N)=O.C[C@H](N)C(=O)Nc1ccc(OC(F)(F)F)cc1. The van der Waals surface area contributed by atoms with Crippen LogP contribution < -0.4 is 21.5 Å². The molecule has 9 heteroatoms. The largest absolute Gasteiger partial charge is 0.573 e. The van der Waals surface area contributed by atoms with E-state index in [9.17, 15) is 22.8 Å². The van der Waals surface area contributed by atoms with E-state index in [0.29, 0.717) is 12.1 Å². The average Bonchev–Trinajstić information content (AvgIpc) is 2.39. The van der Waals surface area contributed by atoms with Gasteiger partial charge in [0.1, 0.15) is 5.75 Å². The fraction of sp³-hybridized carbons (Fsp3) is 0.429. The number of alkyl halides is 3. The molecule has 0 aromatic heterocycles. The normalized spacial score (nSPS) is 11.7. The van der Waals surface area contributed by atoms with Gasteiger partial charge in [-0.2, -0.15) is 0 Å². The van der Waals surface area contributed by atoms with Crippen molar-refractivity contribution >= 4 is 17.5 Å². The van der Waals surface area contributed by atoms with Crippen LogP contribution in [0.15, 0.2) is 24.3 Å². The minimum Gasteiger partial charge on any atom is -0.406 e. The van der Waals surface area contributed by atoms with Crippen LogP contribution >= 0.6 is 0 Å². The van der Waals surface area contributed by atoms with Gasteiger partial charge < -0.3 is 21.5 Å². The summed E-state index contributed by atoms with van der Waals surface area (Å²) >= 11 is 0. The van der Waals surface area contributed by atoms with E-state index in [0.717, 1.165) is 18.6 Å². The maximum absolute atomic E-state index is 11.8. The summed E-state index contributed by atoms with van der Waals surface area (Å²) in [5, 5.41) is 2.43. The van der Waals surface area contributed by atoms with E-state index < -0.39 is 18.3 Å². The van der Waals surface area contributed by atoms with Gasteiger partial charge in [0.2, 0.25) is 11.8 Å². The van der Waals surface area contributed by atoms with Crippen LogP contribution in [0.4, 0.5) is 18.9 Å². The van der Waals surface area contributed by atoms with Gasteiger partial charge in [0.05, 0.1) is 6.04 Å². The second kappa shape index (κ2) is 9.67. The molecule has 0 aliphatic heterocycles. The predicted octanol–water partition coefficient (Wildman–Crippen LogP) is 2.14. The Hall–Kier alpha value is -2.29. The smallest absolute Gasteiger partial charge is 0.406 e. The zero-order chi connectivity index (χ0) is 18.0. The third-order valence-electron chi connectivity index (χ3n) is 2.27. The highest BCUT2D eigenvalue weighted by Gasteiger charge is 2.30. The molecule has 1 rings (SSSR count). The number of carbonyl (C=O) groups excluding carboxylic acids is 2. The number of hydrogen-bond donors (Lipinski definition) is 3. The van der Waals surface area contributed by atoms with Crippen LogP contribution in [0, 0.1) is 0 Å². The number of nitrogens with one attached hydrogen (secondary N) is 1. The molecule has 6 nitrogen and oxygen atoms in total. The Morgan fingerprint density at radius 3 is 2.09 bits per heavy atom. The second-order valence-electron chi connectivity index (χ2n) is 4.57. The number of rotatable bonds is 5. The van der Waals surface area contributed by atoms with E-state index in [2.05, 4.69) is 10.1 Å². The lowest BCUT2D eigenvalue weighted by atomic mass is 10.2. The van der Waals surface area contributed by atoms with E-state index in [1.54, 1.807) is 0 Å². The molecule has 0 radical (unpaired) electrons. The van der Waals surface area contributed by atoms with Crippen molar-refractivity contribution in [2.24, 2.45) is 11.5 Å². The Balaban J connectivity index is 0.000000688. The highest BCUT2D eigenvalue weighted by molar-refractivity contribution is 5.94. The van der Waals surface area contributed by atoms with Crippen molar-refractivity contribution in [1.29, 1.82) is 0 Å². The molecule has 0 fully saturated rings. The summed E-state index contributed by atoms with van der Waals surface area (Å²) in [6.45, 7) is 3.42. The Labute approximate surface area is 132 Å². The lowest BCUT2D eigenvalue weighted by Gasteiger charge is -2.10. The van der Waals surface area contributed by atoms with Gasteiger partial charge in [-0.05, 0) is 37.6 Å². The van der Waals surface area contributed by atoms with Gasteiger partial charge in [-0.25, -0.2) is 0 Å². The Kier molecular flexibility index (Phi) is 8.71. The van der Waals surface area contributed by atoms with Crippen molar-refractivity contribution in [1.82, 2.24) is 0 Å². The number of anilines is 1. The summed E-state index contributed by atoms with van der Waals surface area (Å²) in [6.07, 6.45) is -3.36. The first-order chi connectivity index (χ1) is 10.5. The van der Waals surface area contributed by atoms with E-state index in [1.807, 2.05) is 6.92 Å². The van der Waals surface area contributed by atoms with E-state index in [1.165, 1.54) is 19.1 Å². The first kappa shape index (κ1) is 20.7. The van der Waals surface area contributed by atoms with Crippen LogP contribution in [0.1, 0.15) is 26.7 Å². The number of carbonyl (C=O) groups is 2. The van der Waals surface area contributed by atoms with E-state index in [4.69, 9.17) is 11.5 Å². The number of hydrogen-bond acceptors (Lipinski definition) is 4. The topological polar surface area (TPSA) is 107 Å². The number of primary amides is 1. The van der Waals surface area contributed by atoms with E-state index >= 15 is 0 Å². The maximum Gasteiger partial charge on any atom is 0.573 e. The Morgan fingerprint density at radius 2 is 1.78 bits per heavy atom. The molecule has 0 heterocycles. The first-order valence-corrected chi connectivity index (χ1v) is 6.75. The van der Waals surface area contributed by atoms with Crippen molar-refractivity contribution in [2.45, 2.75) is 39.1 Å². The molecule has 1 aromatic rings. The molecular formula is C14H20F3N3O3. The molecule has 23 heavy (non-hydrogen) atoms. The zero-order valence-electron chi connectivity index (χ0n) is 12.8. The number of halogens is 3. The summed E-state index contributed by atoms with van der Waals surface area (Å²) in [6, 6.07) is 4.10. The fourth-order valence-corrected chi connectivity index (χ4v) is 1.24. The molecule has 0 saturated carbocycles. The summed E-state index contributed by atoms with van der Waals surface area (Å²) < 4.78 is 39.2. The highest BCUT2D eigenvalue weighted by atomic mass is 19.4. The molecule has 0 unspecified atom stereocenters. The van der Waals surface area contributed by atoms with Gasteiger partial charge >= 0.3 is 6.36 Å². The third-order valence-corrected chi connectivity index (χ3v) is 2.27. The summed E-state index contributed by atoms with van der Waals surface area (Å²) in [4.78, 5) is 21.0. The summed E-state index contributed by atoms with van der Waals surface area (Å²) in [7, 11) is 0. The van der Waals surface area contributed by atoms with Crippen molar-refractivity contribution in [3.05, 3.63) is 24.3 Å². The molecule has 1 atom stereocenters.